The fourth-order valence-electron chi connectivity index (χ4n) is 3.58. The van der Waals surface area contributed by atoms with Crippen LogP contribution in [0.15, 0.2) is 48.5 Å². The van der Waals surface area contributed by atoms with Crippen molar-refractivity contribution in [1.82, 2.24) is 0 Å². The first-order chi connectivity index (χ1) is 15.0. The number of ether oxygens (including phenoxy) is 2. The van der Waals surface area contributed by atoms with Gasteiger partial charge in [-0.3, -0.25) is 0 Å². The van der Waals surface area contributed by atoms with E-state index in [1.807, 2.05) is 18.2 Å². The SMILES string of the molecule is CCCCCC(Oc1ccc(C(=O)Oc2ccc(C#N)cc2)cc1)[Si](C)(C)O[Si](C)(C)C. The summed E-state index contributed by atoms with van der Waals surface area (Å²) in [6.07, 6.45) is 4.43. The van der Waals surface area contributed by atoms with Gasteiger partial charge in [0.05, 0.1) is 17.2 Å². The Labute approximate surface area is 194 Å². The predicted octanol–water partition coefficient (Wildman–Crippen LogP) is 6.70. The summed E-state index contributed by atoms with van der Waals surface area (Å²) < 4.78 is 18.4. The highest BCUT2D eigenvalue weighted by Gasteiger charge is 2.39. The van der Waals surface area contributed by atoms with E-state index in [4.69, 9.17) is 18.9 Å². The molecule has 0 N–H and O–H groups in total. The third-order valence-electron chi connectivity index (χ3n) is 4.98. The van der Waals surface area contributed by atoms with E-state index < -0.39 is 22.6 Å². The Morgan fingerprint density at radius 3 is 2.06 bits per heavy atom. The maximum atomic E-state index is 12.5. The van der Waals surface area contributed by atoms with Crippen molar-refractivity contribution in [3.8, 4) is 17.6 Å². The number of nitriles is 1. The number of esters is 1. The highest BCUT2D eigenvalue weighted by atomic mass is 28.4. The molecule has 0 heterocycles. The van der Waals surface area contributed by atoms with Gasteiger partial charge in [0.2, 0.25) is 8.32 Å². The van der Waals surface area contributed by atoms with Crippen molar-refractivity contribution in [1.29, 1.82) is 5.26 Å². The Balaban J connectivity index is 2.08. The first-order valence-electron chi connectivity index (χ1n) is 11.2. The molecule has 0 fully saturated rings. The molecule has 0 spiro atoms. The molecular weight excluding hydrogens is 434 g/mol. The molecule has 0 saturated heterocycles. The molecule has 2 rings (SSSR count). The summed E-state index contributed by atoms with van der Waals surface area (Å²) >= 11 is 0. The molecule has 1 unspecified atom stereocenters. The Hall–Kier alpha value is -2.41. The molecule has 0 saturated carbocycles. The lowest BCUT2D eigenvalue weighted by molar-refractivity contribution is 0.0734. The summed E-state index contributed by atoms with van der Waals surface area (Å²) in [5, 5.41) is 8.87. The van der Waals surface area contributed by atoms with Gasteiger partial charge in [0.1, 0.15) is 17.2 Å². The van der Waals surface area contributed by atoms with Gasteiger partial charge < -0.3 is 13.6 Å². The summed E-state index contributed by atoms with van der Waals surface area (Å²) in [5.74, 6) is 0.695. The summed E-state index contributed by atoms with van der Waals surface area (Å²) in [7, 11) is -3.75. The molecule has 1 atom stereocenters. The van der Waals surface area contributed by atoms with Crippen LogP contribution >= 0.6 is 0 Å². The Bertz CT molecular complexity index is 913. The van der Waals surface area contributed by atoms with Crippen LogP contribution in [0.2, 0.25) is 32.7 Å². The van der Waals surface area contributed by atoms with Crippen molar-refractivity contribution in [2.45, 2.75) is 71.1 Å². The van der Waals surface area contributed by atoms with E-state index in [9.17, 15) is 4.79 Å². The third-order valence-corrected chi connectivity index (χ3v) is 11.5. The van der Waals surface area contributed by atoms with Gasteiger partial charge in [-0.05, 0) is 87.7 Å². The molecule has 0 radical (unpaired) electrons. The van der Waals surface area contributed by atoms with Gasteiger partial charge in [0, 0.05) is 0 Å². The fraction of sp³-hybridized carbons (Fsp3) is 0.440. The minimum atomic E-state index is -2.07. The molecule has 32 heavy (non-hydrogen) atoms. The zero-order valence-corrected chi connectivity index (χ0v) is 22.1. The van der Waals surface area contributed by atoms with Gasteiger partial charge in [-0.15, -0.1) is 0 Å². The molecule has 7 heteroatoms. The van der Waals surface area contributed by atoms with Crippen LogP contribution < -0.4 is 9.47 Å². The second-order valence-electron chi connectivity index (χ2n) is 9.47. The molecular formula is C25H35NO4Si2. The van der Waals surface area contributed by atoms with Crippen LogP contribution in [-0.2, 0) is 4.12 Å². The average molecular weight is 470 g/mol. The Morgan fingerprint density at radius 2 is 1.53 bits per heavy atom. The number of hydrogen-bond acceptors (Lipinski definition) is 5. The molecule has 0 bridgehead atoms. The summed E-state index contributed by atoms with van der Waals surface area (Å²) in [6, 6.07) is 15.6. The van der Waals surface area contributed by atoms with Crippen LogP contribution in [0.1, 0.15) is 48.5 Å². The van der Waals surface area contributed by atoms with Crippen LogP contribution in [0.3, 0.4) is 0 Å². The minimum absolute atomic E-state index is 0.0530. The van der Waals surface area contributed by atoms with Crippen molar-refractivity contribution in [3.63, 3.8) is 0 Å². The maximum Gasteiger partial charge on any atom is 0.343 e. The molecule has 0 aliphatic heterocycles. The second kappa shape index (κ2) is 11.5. The molecule has 0 aliphatic carbocycles. The van der Waals surface area contributed by atoms with Crippen molar-refractivity contribution in [2.24, 2.45) is 0 Å². The monoisotopic (exact) mass is 469 g/mol. The van der Waals surface area contributed by atoms with Crippen LogP contribution in [0.4, 0.5) is 0 Å². The molecule has 0 amide bonds. The van der Waals surface area contributed by atoms with E-state index in [1.54, 1.807) is 36.4 Å². The van der Waals surface area contributed by atoms with Gasteiger partial charge in [0.25, 0.3) is 0 Å². The number of unbranched alkanes of at least 4 members (excludes halogenated alkanes) is 2. The van der Waals surface area contributed by atoms with Gasteiger partial charge in [-0.1, -0.05) is 26.2 Å². The Morgan fingerprint density at radius 1 is 0.938 bits per heavy atom. The molecule has 2 aromatic rings. The normalized spacial score (nSPS) is 12.7. The van der Waals surface area contributed by atoms with Gasteiger partial charge in [0.15, 0.2) is 8.32 Å². The van der Waals surface area contributed by atoms with E-state index in [1.165, 1.54) is 12.8 Å². The van der Waals surface area contributed by atoms with E-state index in [0.717, 1.165) is 18.6 Å². The molecule has 0 aromatic heterocycles. The lowest BCUT2D eigenvalue weighted by Gasteiger charge is -2.37. The largest absolute Gasteiger partial charge is 0.491 e. The first-order valence-corrected chi connectivity index (χ1v) is 17.6. The quantitative estimate of drug-likeness (QED) is 0.158. The van der Waals surface area contributed by atoms with Crippen molar-refractivity contribution in [3.05, 3.63) is 59.7 Å². The zero-order chi connectivity index (χ0) is 23.8. The number of benzene rings is 2. The summed E-state index contributed by atoms with van der Waals surface area (Å²) in [5.41, 5.74) is 1.01. The zero-order valence-electron chi connectivity index (χ0n) is 20.1. The summed E-state index contributed by atoms with van der Waals surface area (Å²) in [4.78, 5) is 12.5. The van der Waals surface area contributed by atoms with Crippen LogP contribution in [0, 0.1) is 11.3 Å². The number of rotatable bonds is 11. The van der Waals surface area contributed by atoms with Crippen LogP contribution in [-0.4, -0.2) is 28.3 Å². The highest BCUT2D eigenvalue weighted by Crippen LogP contribution is 2.26. The summed E-state index contributed by atoms with van der Waals surface area (Å²) in [6.45, 7) is 13.3. The lowest BCUT2D eigenvalue weighted by atomic mass is 10.2. The number of hydrogen-bond donors (Lipinski definition) is 0. The third kappa shape index (κ3) is 8.26. The number of nitrogens with zero attached hydrogens (tertiary/aromatic N) is 1. The van der Waals surface area contributed by atoms with E-state index in [0.29, 0.717) is 16.9 Å². The molecule has 172 valence electrons. The van der Waals surface area contributed by atoms with Crippen molar-refractivity contribution >= 4 is 22.6 Å². The molecule has 5 nitrogen and oxygen atoms in total. The fourth-order valence-corrected chi connectivity index (χ4v) is 11.7. The van der Waals surface area contributed by atoms with Crippen LogP contribution in [0.5, 0.6) is 11.5 Å². The average Bonchev–Trinajstić information content (AvgIpc) is 2.72. The topological polar surface area (TPSA) is 68.5 Å². The molecule has 2 aromatic carbocycles. The minimum Gasteiger partial charge on any atom is -0.491 e. The smallest absolute Gasteiger partial charge is 0.343 e. The van der Waals surface area contributed by atoms with Gasteiger partial charge in [-0.2, -0.15) is 5.26 Å². The van der Waals surface area contributed by atoms with E-state index in [-0.39, 0.29) is 5.73 Å². The predicted molar refractivity (Wildman–Crippen MR) is 133 cm³/mol. The van der Waals surface area contributed by atoms with Crippen molar-refractivity contribution in [2.75, 3.05) is 0 Å². The first kappa shape index (κ1) is 25.9. The second-order valence-corrected chi connectivity index (χ2v) is 18.4. The van der Waals surface area contributed by atoms with Crippen molar-refractivity contribution < 1.29 is 18.4 Å². The van der Waals surface area contributed by atoms with Gasteiger partial charge >= 0.3 is 5.97 Å². The highest BCUT2D eigenvalue weighted by molar-refractivity contribution is 6.84. The Kier molecular flexibility index (Phi) is 9.25. The number of carbonyl (C=O) groups is 1. The standard InChI is InChI=1S/C25H35NO4Si2/c1-7-8-9-10-24(32(5,6)30-31(2,3)4)28-22-17-13-21(14-18-22)25(27)29-23-15-11-20(19-26)12-16-23/h11-18,24H,7-10H2,1-6H3. The number of carbonyl (C=O) groups excluding carboxylic acids is 1. The maximum absolute atomic E-state index is 12.5. The van der Waals surface area contributed by atoms with E-state index in [2.05, 4.69) is 39.7 Å². The van der Waals surface area contributed by atoms with Gasteiger partial charge in [-0.25, -0.2) is 4.79 Å². The lowest BCUT2D eigenvalue weighted by Crippen LogP contribution is -2.53. The van der Waals surface area contributed by atoms with E-state index >= 15 is 0 Å². The molecule has 0 aliphatic rings. The van der Waals surface area contributed by atoms with Crippen LogP contribution in [0.25, 0.3) is 0 Å².